The summed E-state index contributed by atoms with van der Waals surface area (Å²) in [5, 5.41) is 22.3. The summed E-state index contributed by atoms with van der Waals surface area (Å²) < 4.78 is 19.0. The molecule has 108 valence electrons. The first-order valence-electron chi connectivity index (χ1n) is 5.49. The zero-order valence-electron chi connectivity index (χ0n) is 9.88. The molecule has 0 radical (unpaired) electrons. The van der Waals surface area contributed by atoms with Crippen LogP contribution in [0.1, 0.15) is 6.23 Å². The summed E-state index contributed by atoms with van der Waals surface area (Å²) in [5.41, 5.74) is 6.18. The fraction of sp³-hybridized carbons (Fsp3) is 0.556. The number of halogens is 1. The predicted molar refractivity (Wildman–Crippen MR) is 61.2 cm³/mol. The van der Waals surface area contributed by atoms with Crippen molar-refractivity contribution in [2.75, 3.05) is 6.61 Å². The third-order valence-corrected chi connectivity index (χ3v) is 2.90. The molecule has 11 heteroatoms. The Morgan fingerprint density at radius 1 is 1.60 bits per heavy atom. The van der Waals surface area contributed by atoms with E-state index in [1.807, 2.05) is 0 Å². The van der Waals surface area contributed by atoms with E-state index in [9.17, 15) is 19.1 Å². The summed E-state index contributed by atoms with van der Waals surface area (Å²) in [5.74, 6) is -1.24. The number of azide groups is 1. The molecule has 0 bridgehead atoms. The van der Waals surface area contributed by atoms with Crippen molar-refractivity contribution in [1.29, 1.82) is 0 Å². The molecule has 1 saturated heterocycles. The van der Waals surface area contributed by atoms with Crippen molar-refractivity contribution in [1.82, 2.24) is 9.55 Å². The Morgan fingerprint density at radius 2 is 2.30 bits per heavy atom. The number of aliphatic hydroxyl groups excluding tert-OH is 2. The highest BCUT2D eigenvalue weighted by atomic mass is 19.1. The van der Waals surface area contributed by atoms with Crippen LogP contribution in [0.3, 0.4) is 0 Å². The van der Waals surface area contributed by atoms with Gasteiger partial charge >= 0.3 is 5.69 Å². The Labute approximate surface area is 109 Å². The molecule has 0 unspecified atom stereocenters. The lowest BCUT2D eigenvalue weighted by molar-refractivity contribution is -0.0536. The average molecular weight is 287 g/mol. The third-order valence-electron chi connectivity index (χ3n) is 2.90. The molecule has 0 spiro atoms. The highest BCUT2D eigenvalue weighted by Gasteiger charge is 2.44. The van der Waals surface area contributed by atoms with E-state index in [0.29, 0.717) is 10.8 Å². The SMILES string of the molecule is [N-]=[N+]=N[C@H]1[C@@H](O)[C@H](n2cc(F)c(=O)[nH]c2=O)O[C@H]1CO. The topological polar surface area (TPSA) is 153 Å². The highest BCUT2D eigenvalue weighted by molar-refractivity contribution is 4.97. The first kappa shape index (κ1) is 14.2. The maximum atomic E-state index is 13.2. The lowest BCUT2D eigenvalue weighted by Gasteiger charge is -2.17. The Hall–Kier alpha value is -2.20. The van der Waals surface area contributed by atoms with Gasteiger partial charge in [-0.1, -0.05) is 5.11 Å². The van der Waals surface area contributed by atoms with E-state index >= 15 is 0 Å². The van der Waals surface area contributed by atoms with Crippen molar-refractivity contribution < 1.29 is 19.3 Å². The molecule has 0 amide bonds. The van der Waals surface area contributed by atoms with Gasteiger partial charge in [0.2, 0.25) is 5.82 Å². The van der Waals surface area contributed by atoms with Crippen LogP contribution < -0.4 is 11.2 Å². The summed E-state index contributed by atoms with van der Waals surface area (Å²) >= 11 is 0. The minimum absolute atomic E-state index is 0.571. The van der Waals surface area contributed by atoms with Crippen LogP contribution in [-0.4, -0.2) is 44.6 Å². The first-order chi connectivity index (χ1) is 9.49. The van der Waals surface area contributed by atoms with Gasteiger partial charge in [-0.2, -0.15) is 4.39 Å². The lowest BCUT2D eigenvalue weighted by atomic mass is 10.1. The number of hydrogen-bond donors (Lipinski definition) is 3. The van der Waals surface area contributed by atoms with Gasteiger partial charge in [-0.05, 0) is 5.53 Å². The number of rotatable bonds is 3. The Morgan fingerprint density at radius 3 is 2.90 bits per heavy atom. The van der Waals surface area contributed by atoms with Crippen LogP contribution in [0.25, 0.3) is 10.4 Å². The van der Waals surface area contributed by atoms with Gasteiger partial charge < -0.3 is 14.9 Å². The van der Waals surface area contributed by atoms with E-state index in [2.05, 4.69) is 10.0 Å². The molecule has 4 atom stereocenters. The molecule has 3 N–H and O–H groups in total. The Balaban J connectivity index is 2.44. The van der Waals surface area contributed by atoms with Crippen LogP contribution in [0, 0.1) is 5.82 Å². The summed E-state index contributed by atoms with van der Waals surface area (Å²) in [6.07, 6.45) is -3.34. The second-order valence-electron chi connectivity index (χ2n) is 4.08. The first-order valence-corrected chi connectivity index (χ1v) is 5.49. The number of nitrogens with one attached hydrogen (secondary N) is 1. The van der Waals surface area contributed by atoms with E-state index in [1.165, 1.54) is 0 Å². The van der Waals surface area contributed by atoms with Crippen LogP contribution in [0.2, 0.25) is 0 Å². The van der Waals surface area contributed by atoms with Crippen molar-refractivity contribution in [3.8, 4) is 0 Å². The van der Waals surface area contributed by atoms with Crippen LogP contribution >= 0.6 is 0 Å². The second-order valence-corrected chi connectivity index (χ2v) is 4.08. The maximum Gasteiger partial charge on any atom is 0.330 e. The molecular weight excluding hydrogens is 277 g/mol. The van der Waals surface area contributed by atoms with Crippen LogP contribution in [0.5, 0.6) is 0 Å². The number of H-pyrrole nitrogens is 1. The van der Waals surface area contributed by atoms with Gasteiger partial charge in [-0.25, -0.2) is 4.79 Å². The Bertz CT molecular complexity index is 665. The Kier molecular flexibility index (Phi) is 3.86. The normalized spacial score (nSPS) is 29.1. The molecule has 1 fully saturated rings. The quantitative estimate of drug-likeness (QED) is 0.354. The van der Waals surface area contributed by atoms with E-state index in [4.69, 9.17) is 15.4 Å². The zero-order chi connectivity index (χ0) is 14.9. The number of ether oxygens (including phenoxy) is 1. The van der Waals surface area contributed by atoms with Gasteiger partial charge in [-0.15, -0.1) is 0 Å². The predicted octanol–water partition coefficient (Wildman–Crippen LogP) is -1.39. The minimum Gasteiger partial charge on any atom is -0.394 e. The molecule has 20 heavy (non-hydrogen) atoms. The zero-order valence-corrected chi connectivity index (χ0v) is 9.88. The maximum absolute atomic E-state index is 13.2. The van der Waals surface area contributed by atoms with Gasteiger partial charge in [0.15, 0.2) is 6.23 Å². The number of aromatic amines is 1. The van der Waals surface area contributed by atoms with Crippen molar-refractivity contribution in [3.63, 3.8) is 0 Å². The van der Waals surface area contributed by atoms with Crippen molar-refractivity contribution in [2.45, 2.75) is 24.5 Å². The smallest absolute Gasteiger partial charge is 0.330 e. The minimum atomic E-state index is -1.48. The second kappa shape index (κ2) is 5.43. The van der Waals surface area contributed by atoms with Crippen molar-refractivity contribution >= 4 is 0 Å². The molecule has 2 heterocycles. The molecule has 2 rings (SSSR count). The van der Waals surface area contributed by atoms with E-state index in [0.717, 1.165) is 0 Å². The van der Waals surface area contributed by atoms with Gasteiger partial charge in [0.05, 0.1) is 24.9 Å². The summed E-state index contributed by atoms with van der Waals surface area (Å²) in [7, 11) is 0. The average Bonchev–Trinajstić information content (AvgIpc) is 2.72. The molecule has 1 aromatic heterocycles. The summed E-state index contributed by atoms with van der Waals surface area (Å²) in [6, 6.07) is -1.14. The fourth-order valence-electron chi connectivity index (χ4n) is 1.96. The molecule has 0 aliphatic carbocycles. The number of nitrogens with zero attached hydrogens (tertiary/aromatic N) is 4. The van der Waals surface area contributed by atoms with Gasteiger partial charge in [0.1, 0.15) is 6.10 Å². The summed E-state index contributed by atoms with van der Waals surface area (Å²) in [6.45, 7) is -0.572. The molecule has 10 nitrogen and oxygen atoms in total. The van der Waals surface area contributed by atoms with Gasteiger partial charge in [0.25, 0.3) is 5.56 Å². The van der Waals surface area contributed by atoms with Gasteiger partial charge in [0, 0.05) is 4.91 Å². The number of hydrogen-bond acceptors (Lipinski definition) is 6. The lowest BCUT2D eigenvalue weighted by Crippen LogP contribution is -2.38. The molecule has 0 aromatic carbocycles. The highest BCUT2D eigenvalue weighted by Crippen LogP contribution is 2.30. The van der Waals surface area contributed by atoms with Gasteiger partial charge in [-0.3, -0.25) is 14.3 Å². The molecule has 0 saturated carbocycles. The van der Waals surface area contributed by atoms with Crippen LogP contribution in [-0.2, 0) is 4.74 Å². The standard InChI is InChI=1S/C9H10FN5O5/c10-3-1-15(9(19)12-7(3)18)8-6(17)5(13-14-11)4(2-16)20-8/h1,4-6,8,16-17H,2H2,(H,12,18,19)/t4-,5+,6+,8+/m0/s1. The van der Waals surface area contributed by atoms with Crippen molar-refractivity contribution in [2.24, 2.45) is 5.11 Å². The molecule has 1 aliphatic heterocycles. The monoisotopic (exact) mass is 287 g/mol. The fourth-order valence-corrected chi connectivity index (χ4v) is 1.96. The molecule has 1 aromatic rings. The van der Waals surface area contributed by atoms with Crippen molar-refractivity contribution in [3.05, 3.63) is 43.3 Å². The van der Waals surface area contributed by atoms with Crippen LogP contribution in [0.4, 0.5) is 4.39 Å². The van der Waals surface area contributed by atoms with E-state index in [1.54, 1.807) is 4.98 Å². The van der Waals surface area contributed by atoms with E-state index in [-0.39, 0.29) is 0 Å². The largest absolute Gasteiger partial charge is 0.394 e. The number of aromatic nitrogens is 2. The summed E-state index contributed by atoms with van der Waals surface area (Å²) in [4.78, 5) is 26.7. The third kappa shape index (κ3) is 2.30. The number of aliphatic hydroxyl groups is 2. The molecule has 1 aliphatic rings. The van der Waals surface area contributed by atoms with Crippen LogP contribution in [0.15, 0.2) is 20.9 Å². The molecular formula is C9H10FN5O5. The van der Waals surface area contributed by atoms with E-state index < -0.39 is 48.2 Å².